The van der Waals surface area contributed by atoms with Gasteiger partial charge >= 0.3 is 0 Å². The van der Waals surface area contributed by atoms with Gasteiger partial charge in [-0.05, 0) is 40.6 Å². The zero-order valence-electron chi connectivity index (χ0n) is 10.7. The highest BCUT2D eigenvalue weighted by atomic mass is 35.5. The van der Waals surface area contributed by atoms with E-state index in [1.54, 1.807) is 6.07 Å². The number of fused-ring (bicyclic) bond motifs is 1. The van der Waals surface area contributed by atoms with Gasteiger partial charge in [-0.2, -0.15) is 0 Å². The third-order valence-corrected chi connectivity index (χ3v) is 3.55. The highest BCUT2D eigenvalue weighted by Crippen LogP contribution is 2.23. The van der Waals surface area contributed by atoms with Gasteiger partial charge in [0.15, 0.2) is 0 Å². The topological polar surface area (TPSA) is 12.0 Å². The van der Waals surface area contributed by atoms with Crippen LogP contribution in [0.1, 0.15) is 5.56 Å². The lowest BCUT2D eigenvalue weighted by atomic mass is 10.1. The van der Waals surface area contributed by atoms with E-state index >= 15 is 0 Å². The van der Waals surface area contributed by atoms with Gasteiger partial charge in [0, 0.05) is 6.54 Å². The van der Waals surface area contributed by atoms with Crippen LogP contribution in [0, 0.1) is 5.82 Å². The summed E-state index contributed by atoms with van der Waals surface area (Å²) < 4.78 is 13.2. The maximum atomic E-state index is 13.2. The minimum Gasteiger partial charge on any atom is -0.380 e. The molecule has 0 radical (unpaired) electrons. The van der Waals surface area contributed by atoms with Crippen LogP contribution in [-0.4, -0.2) is 0 Å². The summed E-state index contributed by atoms with van der Waals surface area (Å²) >= 11 is 6.03. The molecule has 0 aliphatic heterocycles. The Morgan fingerprint density at radius 2 is 1.70 bits per heavy atom. The van der Waals surface area contributed by atoms with Crippen molar-refractivity contribution in [1.29, 1.82) is 0 Å². The Morgan fingerprint density at radius 1 is 0.900 bits per heavy atom. The first-order valence-corrected chi connectivity index (χ1v) is 6.77. The van der Waals surface area contributed by atoms with E-state index in [1.165, 1.54) is 22.9 Å². The maximum absolute atomic E-state index is 13.2. The average Bonchev–Trinajstić information content (AvgIpc) is 2.48. The third kappa shape index (κ3) is 2.75. The smallest absolute Gasteiger partial charge is 0.125 e. The molecule has 1 nitrogen and oxygen atoms in total. The lowest BCUT2D eigenvalue weighted by molar-refractivity contribution is 0.628. The Labute approximate surface area is 122 Å². The molecule has 3 aromatic rings. The minimum absolute atomic E-state index is 0.296. The summed E-state index contributed by atoms with van der Waals surface area (Å²) in [5.41, 5.74) is 1.74. The van der Waals surface area contributed by atoms with Crippen molar-refractivity contribution in [3.8, 4) is 0 Å². The highest BCUT2D eigenvalue weighted by Gasteiger charge is 2.02. The first-order chi connectivity index (χ1) is 9.72. The fraction of sp³-hybridized carbons (Fsp3) is 0.0588. The van der Waals surface area contributed by atoms with E-state index in [0.29, 0.717) is 17.3 Å². The molecule has 0 saturated heterocycles. The van der Waals surface area contributed by atoms with Crippen molar-refractivity contribution < 1.29 is 4.39 Å². The second-order valence-corrected chi connectivity index (χ2v) is 5.07. The summed E-state index contributed by atoms with van der Waals surface area (Å²) in [6.45, 7) is 0.605. The van der Waals surface area contributed by atoms with Gasteiger partial charge in [-0.3, -0.25) is 0 Å². The molecular weight excluding hydrogens is 273 g/mol. The second-order valence-electron chi connectivity index (χ2n) is 4.66. The third-order valence-electron chi connectivity index (χ3n) is 3.23. The summed E-state index contributed by atoms with van der Waals surface area (Å²) in [4.78, 5) is 0. The first-order valence-electron chi connectivity index (χ1n) is 6.39. The molecule has 0 atom stereocenters. The van der Waals surface area contributed by atoms with Crippen molar-refractivity contribution >= 4 is 28.1 Å². The van der Waals surface area contributed by atoms with Crippen molar-refractivity contribution in [3.63, 3.8) is 0 Å². The largest absolute Gasteiger partial charge is 0.380 e. The molecule has 0 fully saturated rings. The Bertz CT molecular complexity index is 755. The number of hydrogen-bond acceptors (Lipinski definition) is 1. The summed E-state index contributed by atoms with van der Waals surface area (Å²) in [6.07, 6.45) is 0. The van der Waals surface area contributed by atoms with Crippen LogP contribution in [0.3, 0.4) is 0 Å². The van der Waals surface area contributed by atoms with Crippen molar-refractivity contribution in [2.45, 2.75) is 6.54 Å². The molecule has 0 saturated carbocycles. The van der Waals surface area contributed by atoms with Crippen LogP contribution in [0.2, 0.25) is 5.02 Å². The lowest BCUT2D eigenvalue weighted by Gasteiger charge is -2.09. The van der Waals surface area contributed by atoms with Crippen LogP contribution in [0.5, 0.6) is 0 Å². The van der Waals surface area contributed by atoms with Crippen molar-refractivity contribution in [1.82, 2.24) is 0 Å². The number of anilines is 1. The van der Waals surface area contributed by atoms with Crippen LogP contribution >= 0.6 is 11.6 Å². The monoisotopic (exact) mass is 285 g/mol. The van der Waals surface area contributed by atoms with E-state index in [9.17, 15) is 4.39 Å². The second kappa shape index (κ2) is 5.51. The van der Waals surface area contributed by atoms with E-state index < -0.39 is 0 Å². The Kier molecular flexibility index (Phi) is 3.57. The number of rotatable bonds is 3. The summed E-state index contributed by atoms with van der Waals surface area (Å²) in [7, 11) is 0. The number of hydrogen-bond donors (Lipinski definition) is 1. The summed E-state index contributed by atoms with van der Waals surface area (Å²) in [5, 5.41) is 6.08. The van der Waals surface area contributed by atoms with Gasteiger partial charge in [-0.25, -0.2) is 4.39 Å². The van der Waals surface area contributed by atoms with Crippen LogP contribution in [-0.2, 0) is 6.54 Å². The van der Waals surface area contributed by atoms with Crippen molar-refractivity contribution in [2.75, 3.05) is 5.32 Å². The van der Waals surface area contributed by atoms with Crippen LogP contribution in [0.25, 0.3) is 10.8 Å². The Balaban J connectivity index is 1.81. The van der Waals surface area contributed by atoms with Crippen LogP contribution < -0.4 is 5.32 Å². The van der Waals surface area contributed by atoms with E-state index in [2.05, 4.69) is 35.6 Å². The molecule has 3 heteroatoms. The maximum Gasteiger partial charge on any atom is 0.125 e. The quantitative estimate of drug-likeness (QED) is 0.693. The van der Waals surface area contributed by atoms with Gasteiger partial charge in [-0.1, -0.05) is 48.0 Å². The number of benzene rings is 3. The highest BCUT2D eigenvalue weighted by molar-refractivity contribution is 6.33. The normalized spacial score (nSPS) is 10.7. The first kappa shape index (κ1) is 12.9. The van der Waals surface area contributed by atoms with E-state index in [4.69, 9.17) is 11.6 Å². The van der Waals surface area contributed by atoms with Crippen LogP contribution in [0.15, 0.2) is 60.7 Å². The molecule has 1 N–H and O–H groups in total. The predicted octanol–water partition coefficient (Wildman–Crippen LogP) is 5.24. The van der Waals surface area contributed by atoms with Gasteiger partial charge in [0.1, 0.15) is 5.82 Å². The van der Waals surface area contributed by atoms with Crippen molar-refractivity contribution in [3.05, 3.63) is 77.1 Å². The SMILES string of the molecule is Fc1ccc(Cl)c(NCc2ccc3ccccc3c2)c1. The van der Waals surface area contributed by atoms with Gasteiger partial charge in [-0.15, -0.1) is 0 Å². The molecule has 0 aliphatic carbocycles. The fourth-order valence-corrected chi connectivity index (χ4v) is 2.36. The van der Waals surface area contributed by atoms with Crippen molar-refractivity contribution in [2.24, 2.45) is 0 Å². The molecule has 100 valence electrons. The molecule has 20 heavy (non-hydrogen) atoms. The molecule has 0 amide bonds. The molecule has 3 rings (SSSR count). The Hall–Kier alpha value is -2.06. The zero-order valence-corrected chi connectivity index (χ0v) is 11.5. The van der Waals surface area contributed by atoms with Gasteiger partial charge in [0.25, 0.3) is 0 Å². The lowest BCUT2D eigenvalue weighted by Crippen LogP contribution is -2.00. The molecule has 3 aromatic carbocycles. The van der Waals surface area contributed by atoms with E-state index in [1.807, 2.05) is 12.1 Å². The zero-order chi connectivity index (χ0) is 13.9. The summed E-state index contributed by atoms with van der Waals surface area (Å²) in [6, 6.07) is 18.8. The predicted molar refractivity (Wildman–Crippen MR) is 82.7 cm³/mol. The van der Waals surface area contributed by atoms with Gasteiger partial charge in [0.05, 0.1) is 10.7 Å². The molecule has 0 unspecified atom stereocenters. The Morgan fingerprint density at radius 3 is 2.55 bits per heavy atom. The van der Waals surface area contributed by atoms with Gasteiger partial charge in [0.2, 0.25) is 0 Å². The van der Waals surface area contributed by atoms with E-state index in [0.717, 1.165) is 5.56 Å². The molecule has 0 spiro atoms. The molecule has 0 heterocycles. The molecule has 0 bridgehead atoms. The van der Waals surface area contributed by atoms with Crippen LogP contribution in [0.4, 0.5) is 10.1 Å². The standard InChI is InChI=1S/C17H13ClFN/c18-16-8-7-15(19)10-17(16)20-11-12-5-6-13-3-1-2-4-14(13)9-12/h1-10,20H,11H2. The fourth-order valence-electron chi connectivity index (χ4n) is 2.18. The average molecular weight is 286 g/mol. The molecule has 0 aliphatic rings. The molecular formula is C17H13ClFN. The number of halogens is 2. The van der Waals surface area contributed by atoms with Gasteiger partial charge < -0.3 is 5.32 Å². The number of nitrogens with one attached hydrogen (secondary N) is 1. The summed E-state index contributed by atoms with van der Waals surface area (Å²) in [5.74, 6) is -0.296. The molecule has 0 aromatic heterocycles. The van der Waals surface area contributed by atoms with E-state index in [-0.39, 0.29) is 5.82 Å². The minimum atomic E-state index is -0.296.